The summed E-state index contributed by atoms with van der Waals surface area (Å²) >= 11 is 9.50. The lowest BCUT2D eigenvalue weighted by molar-refractivity contribution is -0.139. The smallest absolute Gasteiger partial charge is 0.346 e. The summed E-state index contributed by atoms with van der Waals surface area (Å²) < 4.78 is 4.06. The number of halogens is 3. The Balaban J connectivity index is 2.15. The van der Waals surface area contributed by atoms with Gasteiger partial charge in [-0.1, -0.05) is 40.2 Å². The fraction of sp³-hybridized carbons (Fsp3) is 0.154. The van der Waals surface area contributed by atoms with Crippen molar-refractivity contribution in [1.82, 2.24) is 0 Å². The van der Waals surface area contributed by atoms with Crippen LogP contribution in [-0.4, -0.2) is 28.0 Å². The molecule has 1 aliphatic carbocycles. The largest absolute Gasteiger partial charge is 0.450 e. The molecule has 1 aliphatic heterocycles. The Hall–Kier alpha value is -0.790. The molecule has 0 aromatic heterocycles. The predicted molar refractivity (Wildman–Crippen MR) is 81.5 cm³/mol. The second-order valence-corrected chi connectivity index (χ2v) is 7.26. The third-order valence-corrected chi connectivity index (χ3v) is 6.51. The van der Waals surface area contributed by atoms with Gasteiger partial charge >= 0.3 is 5.97 Å². The Morgan fingerprint density at radius 1 is 1.00 bits per heavy atom. The molecule has 0 saturated carbocycles. The maximum atomic E-state index is 12.6. The summed E-state index contributed by atoms with van der Waals surface area (Å²) in [6.07, 6.45) is -1.02. The van der Waals surface area contributed by atoms with E-state index in [2.05, 4.69) is 47.8 Å². The van der Waals surface area contributed by atoms with E-state index in [4.69, 9.17) is 4.74 Å². The molecule has 1 atom stereocenters. The molecule has 0 radical (unpaired) electrons. The number of ketones is 2. The molecule has 0 spiro atoms. The van der Waals surface area contributed by atoms with E-state index >= 15 is 0 Å². The molecule has 0 N–H and O–H groups in total. The summed E-state index contributed by atoms with van der Waals surface area (Å²) in [7, 11) is 0. The molecule has 1 heterocycles. The molecule has 1 aromatic rings. The van der Waals surface area contributed by atoms with Crippen LogP contribution >= 0.6 is 47.8 Å². The Morgan fingerprint density at radius 2 is 1.50 bits per heavy atom. The van der Waals surface area contributed by atoms with E-state index in [1.807, 2.05) is 0 Å². The molecule has 0 bridgehead atoms. The molecule has 4 nitrogen and oxygen atoms in total. The van der Waals surface area contributed by atoms with Crippen molar-refractivity contribution in [2.75, 3.05) is 0 Å². The molecule has 0 unspecified atom stereocenters. The standard InChI is InChI=1S/C13H5Br3O4/c14-7-8(15)12(19)20-11(7)13(16)9(17)5-3-1-2-4-6(5)10(13)18/h1-4,11H/t11-/m1/s1. The van der Waals surface area contributed by atoms with Gasteiger partial charge in [-0.2, -0.15) is 0 Å². The van der Waals surface area contributed by atoms with Crippen LogP contribution < -0.4 is 0 Å². The number of fused-ring (bicyclic) bond motifs is 1. The van der Waals surface area contributed by atoms with Crippen LogP contribution in [0.25, 0.3) is 0 Å². The van der Waals surface area contributed by atoms with Crippen LogP contribution in [0.4, 0.5) is 0 Å². The molecule has 0 amide bonds. The van der Waals surface area contributed by atoms with E-state index in [9.17, 15) is 14.4 Å². The zero-order valence-electron chi connectivity index (χ0n) is 9.65. The summed E-state index contributed by atoms with van der Waals surface area (Å²) in [4.78, 5) is 36.7. The van der Waals surface area contributed by atoms with E-state index in [1.165, 1.54) is 0 Å². The summed E-state index contributed by atoms with van der Waals surface area (Å²) in [6, 6.07) is 6.54. The van der Waals surface area contributed by atoms with Gasteiger partial charge in [-0.3, -0.25) is 9.59 Å². The number of rotatable bonds is 1. The molecule has 1 aromatic carbocycles. The Labute approximate surface area is 138 Å². The fourth-order valence-corrected chi connectivity index (χ4v) is 4.25. The molecule has 20 heavy (non-hydrogen) atoms. The molecular formula is C13H5Br3O4. The number of esters is 1. The SMILES string of the molecule is O=C1O[C@@H](C2(Br)C(=O)c3ccccc3C2=O)C(Br)=C1Br. The van der Waals surface area contributed by atoms with E-state index in [1.54, 1.807) is 24.3 Å². The third kappa shape index (κ3) is 1.66. The van der Waals surface area contributed by atoms with Gasteiger partial charge in [-0.25, -0.2) is 4.79 Å². The number of benzene rings is 1. The zero-order chi connectivity index (χ0) is 14.7. The molecular weight excluding hydrogens is 460 g/mol. The van der Waals surface area contributed by atoms with Crippen molar-refractivity contribution in [3.8, 4) is 0 Å². The van der Waals surface area contributed by atoms with Crippen LogP contribution in [0.1, 0.15) is 20.7 Å². The monoisotopic (exact) mass is 462 g/mol. The molecule has 0 saturated heterocycles. The van der Waals surface area contributed by atoms with E-state index in [-0.39, 0.29) is 4.48 Å². The highest BCUT2D eigenvalue weighted by molar-refractivity contribution is 9.14. The predicted octanol–water partition coefficient (Wildman–Crippen LogP) is 3.13. The van der Waals surface area contributed by atoms with Gasteiger partial charge in [-0.05, 0) is 31.9 Å². The zero-order valence-corrected chi connectivity index (χ0v) is 14.4. The van der Waals surface area contributed by atoms with Crippen molar-refractivity contribution < 1.29 is 19.1 Å². The van der Waals surface area contributed by atoms with Crippen molar-refractivity contribution in [3.05, 3.63) is 44.4 Å². The minimum atomic E-state index is -1.61. The van der Waals surface area contributed by atoms with Gasteiger partial charge in [0.25, 0.3) is 0 Å². The quantitative estimate of drug-likeness (QED) is 0.364. The molecule has 0 fully saturated rings. The average Bonchev–Trinajstić information content (AvgIpc) is 2.82. The first kappa shape index (κ1) is 14.2. The van der Waals surface area contributed by atoms with Gasteiger partial charge in [0.2, 0.25) is 0 Å². The number of alkyl halides is 1. The summed E-state index contributed by atoms with van der Waals surface area (Å²) in [5.41, 5.74) is 0.655. The summed E-state index contributed by atoms with van der Waals surface area (Å²) in [5.74, 6) is -1.43. The highest BCUT2D eigenvalue weighted by Gasteiger charge is 2.60. The maximum absolute atomic E-state index is 12.6. The molecule has 102 valence electrons. The van der Waals surface area contributed by atoms with Gasteiger partial charge in [0.1, 0.15) is 4.48 Å². The van der Waals surface area contributed by atoms with Crippen molar-refractivity contribution in [2.45, 2.75) is 10.4 Å². The highest BCUT2D eigenvalue weighted by Crippen LogP contribution is 2.47. The first-order chi connectivity index (χ1) is 9.39. The minimum Gasteiger partial charge on any atom is -0.450 e. The normalized spacial score (nSPS) is 24.1. The first-order valence-corrected chi connectivity index (χ1v) is 7.90. The lowest BCUT2D eigenvalue weighted by Crippen LogP contribution is -2.47. The second-order valence-electron chi connectivity index (χ2n) is 4.36. The average molecular weight is 465 g/mol. The van der Waals surface area contributed by atoms with Crippen molar-refractivity contribution in [3.63, 3.8) is 0 Å². The van der Waals surface area contributed by atoms with Gasteiger partial charge in [0.15, 0.2) is 22.0 Å². The van der Waals surface area contributed by atoms with E-state index in [0.29, 0.717) is 15.6 Å². The molecule has 2 aliphatic rings. The highest BCUT2D eigenvalue weighted by atomic mass is 79.9. The molecule has 7 heteroatoms. The minimum absolute atomic E-state index is 0.179. The number of cyclic esters (lactones) is 1. The van der Waals surface area contributed by atoms with Crippen molar-refractivity contribution >= 4 is 65.3 Å². The number of hydrogen-bond acceptors (Lipinski definition) is 4. The van der Waals surface area contributed by atoms with Gasteiger partial charge in [-0.15, -0.1) is 0 Å². The lowest BCUT2D eigenvalue weighted by Gasteiger charge is -2.24. The van der Waals surface area contributed by atoms with Crippen LogP contribution in [0.2, 0.25) is 0 Å². The number of hydrogen-bond donors (Lipinski definition) is 0. The van der Waals surface area contributed by atoms with Crippen LogP contribution in [0.15, 0.2) is 33.2 Å². The first-order valence-electron chi connectivity index (χ1n) is 5.52. The van der Waals surface area contributed by atoms with Gasteiger partial charge < -0.3 is 4.74 Å². The lowest BCUT2D eigenvalue weighted by atomic mass is 9.96. The van der Waals surface area contributed by atoms with Crippen LogP contribution in [0.3, 0.4) is 0 Å². The number of carbonyl (C=O) groups excluding carboxylic acids is 3. The van der Waals surface area contributed by atoms with Crippen LogP contribution in [-0.2, 0) is 9.53 Å². The fourth-order valence-electron chi connectivity index (χ4n) is 2.29. The van der Waals surface area contributed by atoms with Crippen molar-refractivity contribution in [1.29, 1.82) is 0 Å². The third-order valence-electron chi connectivity index (χ3n) is 3.28. The topological polar surface area (TPSA) is 60.4 Å². The van der Waals surface area contributed by atoms with Crippen molar-refractivity contribution in [2.24, 2.45) is 0 Å². The molecule has 3 rings (SSSR count). The summed E-state index contributed by atoms with van der Waals surface area (Å²) in [5, 5.41) is 0. The Kier molecular flexibility index (Phi) is 3.26. The Morgan fingerprint density at radius 3 is 1.90 bits per heavy atom. The number of Topliss-reactive ketones (excluding diaryl/α,β-unsaturated/α-hetero) is 2. The number of ether oxygens (including phenoxy) is 1. The summed E-state index contributed by atoms with van der Waals surface area (Å²) in [6.45, 7) is 0. The van der Waals surface area contributed by atoms with E-state index < -0.39 is 28.0 Å². The maximum Gasteiger partial charge on any atom is 0.346 e. The van der Waals surface area contributed by atoms with Crippen LogP contribution in [0.5, 0.6) is 0 Å². The van der Waals surface area contributed by atoms with E-state index in [0.717, 1.165) is 0 Å². The van der Waals surface area contributed by atoms with Gasteiger partial charge in [0, 0.05) is 11.1 Å². The van der Waals surface area contributed by atoms with Crippen LogP contribution in [0, 0.1) is 0 Å². The Bertz CT molecular complexity index is 672. The number of carbonyl (C=O) groups is 3. The second kappa shape index (κ2) is 4.61. The van der Waals surface area contributed by atoms with Gasteiger partial charge in [0.05, 0.1) is 4.48 Å².